The van der Waals surface area contributed by atoms with Crippen LogP contribution in [0.15, 0.2) is 61.7 Å². The maximum Gasteiger partial charge on any atom is 0.340 e. The van der Waals surface area contributed by atoms with Crippen LogP contribution in [0.25, 0.3) is 0 Å². The van der Waals surface area contributed by atoms with E-state index >= 15 is 0 Å². The third kappa shape index (κ3) is 6.38. The second-order valence-electron chi connectivity index (χ2n) is 13.2. The van der Waals surface area contributed by atoms with Gasteiger partial charge < -0.3 is 29.9 Å². The lowest BCUT2D eigenvalue weighted by atomic mass is 9.68. The van der Waals surface area contributed by atoms with Crippen LogP contribution in [0.2, 0.25) is 5.02 Å². The summed E-state index contributed by atoms with van der Waals surface area (Å²) in [6.45, 7) is 11.0. The molecule has 0 bridgehead atoms. The molecule has 2 aromatic rings. The highest BCUT2D eigenvalue weighted by molar-refractivity contribution is 6.30. The third-order valence-corrected chi connectivity index (χ3v) is 10.7. The van der Waals surface area contributed by atoms with E-state index in [0.717, 1.165) is 32.1 Å². The number of aryl methyl sites for hydroxylation is 1. The van der Waals surface area contributed by atoms with Crippen molar-refractivity contribution in [2.45, 2.75) is 75.0 Å². The smallest absolute Gasteiger partial charge is 0.340 e. The van der Waals surface area contributed by atoms with Crippen molar-refractivity contribution in [2.24, 2.45) is 11.8 Å². The number of halogens is 1. The maximum absolute atomic E-state index is 13.2. The van der Waals surface area contributed by atoms with Gasteiger partial charge in [-0.1, -0.05) is 35.9 Å². The van der Waals surface area contributed by atoms with E-state index in [4.69, 9.17) is 16.3 Å². The van der Waals surface area contributed by atoms with E-state index in [1.54, 1.807) is 37.4 Å². The number of anilines is 1. The number of carboxylic acid groups (broad SMARTS) is 1. The SMILES string of the molecule is C=CC[C@@H](C)N(C)C(=O)CC(O)(C(=O)O)c1ccc2c(c1)N(C[C@@H]1CC[C@H]1[C@@H](O)C=C)C[C@@]1(CCCc3cc(Cl)ccc31)CO2. The summed E-state index contributed by atoms with van der Waals surface area (Å²) in [6, 6.07) is 10.8. The first-order valence-corrected chi connectivity index (χ1v) is 16.2. The number of carboxylic acids is 1. The highest BCUT2D eigenvalue weighted by atomic mass is 35.5. The Labute approximate surface area is 270 Å². The molecule has 0 aromatic heterocycles. The van der Waals surface area contributed by atoms with Crippen LogP contribution in [-0.4, -0.2) is 71.0 Å². The Morgan fingerprint density at radius 3 is 2.69 bits per heavy atom. The second kappa shape index (κ2) is 13.2. The van der Waals surface area contributed by atoms with Gasteiger partial charge in [-0.25, -0.2) is 4.79 Å². The normalized spacial score (nSPS) is 24.9. The van der Waals surface area contributed by atoms with Crippen LogP contribution in [0.5, 0.6) is 5.75 Å². The zero-order chi connectivity index (χ0) is 32.5. The molecule has 1 saturated carbocycles. The van der Waals surface area contributed by atoms with Gasteiger partial charge >= 0.3 is 5.97 Å². The summed E-state index contributed by atoms with van der Waals surface area (Å²) in [6.07, 6.45) is 7.28. The number of ether oxygens (including phenoxy) is 1. The number of rotatable bonds is 11. The van der Waals surface area contributed by atoms with Crippen molar-refractivity contribution in [3.63, 3.8) is 0 Å². The Morgan fingerprint density at radius 2 is 2.02 bits per heavy atom. The van der Waals surface area contributed by atoms with Crippen molar-refractivity contribution in [2.75, 3.05) is 31.6 Å². The van der Waals surface area contributed by atoms with Crippen molar-refractivity contribution < 1.29 is 29.6 Å². The van der Waals surface area contributed by atoms with Crippen molar-refractivity contribution >= 4 is 29.2 Å². The maximum atomic E-state index is 13.2. The zero-order valence-electron chi connectivity index (χ0n) is 26.3. The molecule has 1 fully saturated rings. The van der Waals surface area contributed by atoms with Gasteiger partial charge in [-0.3, -0.25) is 4.79 Å². The number of benzene rings is 2. The number of fused-ring (bicyclic) bond motifs is 3. The molecule has 3 aliphatic rings. The van der Waals surface area contributed by atoms with Gasteiger partial charge in [0.15, 0.2) is 5.60 Å². The lowest BCUT2D eigenvalue weighted by Gasteiger charge is -2.45. The highest BCUT2D eigenvalue weighted by Crippen LogP contribution is 2.47. The van der Waals surface area contributed by atoms with E-state index in [-0.39, 0.29) is 28.9 Å². The van der Waals surface area contributed by atoms with Crippen molar-refractivity contribution in [1.29, 1.82) is 0 Å². The summed E-state index contributed by atoms with van der Waals surface area (Å²) in [5.41, 5.74) is 0.415. The monoisotopic (exact) mass is 636 g/mol. The van der Waals surface area contributed by atoms with Crippen LogP contribution in [0, 0.1) is 11.8 Å². The average molecular weight is 637 g/mol. The van der Waals surface area contributed by atoms with Gasteiger partial charge in [-0.15, -0.1) is 13.2 Å². The highest BCUT2D eigenvalue weighted by Gasteiger charge is 2.46. The summed E-state index contributed by atoms with van der Waals surface area (Å²) < 4.78 is 6.54. The van der Waals surface area contributed by atoms with Gasteiger partial charge in [-0.2, -0.15) is 0 Å². The van der Waals surface area contributed by atoms with Crippen LogP contribution in [0.3, 0.4) is 0 Å². The molecule has 1 unspecified atom stereocenters. The molecule has 9 heteroatoms. The summed E-state index contributed by atoms with van der Waals surface area (Å²) in [7, 11) is 1.60. The topological polar surface area (TPSA) is 111 Å². The molecule has 45 heavy (non-hydrogen) atoms. The molecule has 1 spiro atoms. The number of aliphatic carboxylic acids is 1. The van der Waals surface area contributed by atoms with Crippen molar-refractivity contribution in [1.82, 2.24) is 4.90 Å². The fraction of sp³-hybridized carbons (Fsp3) is 0.500. The summed E-state index contributed by atoms with van der Waals surface area (Å²) in [5.74, 6) is -1.12. The number of carbonyl (C=O) groups excluding carboxylic acids is 1. The molecule has 1 aliphatic heterocycles. The molecule has 2 aromatic carbocycles. The quantitative estimate of drug-likeness (QED) is 0.281. The molecule has 0 radical (unpaired) electrons. The molecule has 2 aliphatic carbocycles. The summed E-state index contributed by atoms with van der Waals surface area (Å²) in [4.78, 5) is 29.6. The molecule has 242 valence electrons. The molecule has 0 saturated heterocycles. The Kier molecular flexibility index (Phi) is 9.68. The minimum absolute atomic E-state index is 0.0772. The first kappa shape index (κ1) is 33.0. The predicted octanol–water partition coefficient (Wildman–Crippen LogP) is 5.47. The van der Waals surface area contributed by atoms with Crippen LogP contribution in [0.4, 0.5) is 5.69 Å². The van der Waals surface area contributed by atoms with Crippen LogP contribution in [-0.2, 0) is 27.0 Å². The molecule has 1 heterocycles. The molecule has 5 rings (SSSR count). The molecule has 1 amide bonds. The third-order valence-electron chi connectivity index (χ3n) is 10.4. The minimum atomic E-state index is -2.45. The predicted molar refractivity (Wildman–Crippen MR) is 176 cm³/mol. The van der Waals surface area contributed by atoms with Gasteiger partial charge in [0.05, 0.1) is 24.8 Å². The number of hydrogen-bond acceptors (Lipinski definition) is 6. The molecule has 8 nitrogen and oxygen atoms in total. The molecular formula is C36H45ClN2O6. The Hall–Kier alpha value is -3.33. The van der Waals surface area contributed by atoms with Gasteiger partial charge in [0.2, 0.25) is 5.91 Å². The molecule has 3 N–H and O–H groups in total. The Balaban J connectivity index is 1.54. The van der Waals surface area contributed by atoms with Gasteiger partial charge in [0, 0.05) is 36.6 Å². The van der Waals surface area contributed by atoms with E-state index in [1.165, 1.54) is 16.0 Å². The minimum Gasteiger partial charge on any atom is -0.490 e. The number of nitrogens with zero attached hydrogens (tertiary/aromatic N) is 2. The van der Waals surface area contributed by atoms with Crippen molar-refractivity contribution in [3.8, 4) is 5.75 Å². The van der Waals surface area contributed by atoms with Gasteiger partial charge in [0.1, 0.15) is 5.75 Å². The summed E-state index contributed by atoms with van der Waals surface area (Å²) in [5, 5.41) is 33.3. The summed E-state index contributed by atoms with van der Waals surface area (Å²) >= 11 is 6.39. The van der Waals surface area contributed by atoms with Gasteiger partial charge in [-0.05, 0) is 98.2 Å². The number of aliphatic hydroxyl groups excluding tert-OH is 1. The van der Waals surface area contributed by atoms with Crippen LogP contribution >= 0.6 is 11.6 Å². The first-order valence-electron chi connectivity index (χ1n) is 15.9. The van der Waals surface area contributed by atoms with E-state index in [1.807, 2.05) is 19.1 Å². The average Bonchev–Trinajstić information content (AvgIpc) is 3.15. The Morgan fingerprint density at radius 1 is 1.24 bits per heavy atom. The van der Waals surface area contributed by atoms with E-state index < -0.39 is 30.0 Å². The largest absolute Gasteiger partial charge is 0.490 e. The number of carbonyl (C=O) groups is 2. The Bertz CT molecular complexity index is 1460. The van der Waals surface area contributed by atoms with Gasteiger partial charge in [0.25, 0.3) is 0 Å². The first-order chi connectivity index (χ1) is 21.4. The lowest BCUT2D eigenvalue weighted by molar-refractivity contribution is -0.165. The van der Waals surface area contributed by atoms with Crippen LogP contribution < -0.4 is 9.64 Å². The standard InChI is InChI=1S/C36H45ClN2O6/c1-5-8-23(3)38(4)33(41)19-36(44,34(42)43)26-11-15-32-30(18-26)39(20-25-10-13-28(25)31(40)6-2)21-35(22-45-32)16-7-9-24-17-27(37)12-14-29(24)35/h5-6,11-12,14-15,17-18,23,25,28,31,40,44H,1-2,7-10,13,16,19-22H2,3-4H3,(H,42,43)/t23-,25+,28-,31+,35+,36?/m1/s1. The molecule has 6 atom stereocenters. The fourth-order valence-electron chi connectivity index (χ4n) is 7.39. The van der Waals surface area contributed by atoms with Crippen molar-refractivity contribution in [3.05, 3.63) is 83.4 Å². The zero-order valence-corrected chi connectivity index (χ0v) is 27.0. The second-order valence-corrected chi connectivity index (χ2v) is 13.7. The van der Waals surface area contributed by atoms with E-state index in [9.17, 15) is 24.9 Å². The number of hydrogen-bond donors (Lipinski definition) is 3. The number of amides is 1. The van der Waals surface area contributed by atoms with E-state index in [0.29, 0.717) is 42.6 Å². The lowest BCUT2D eigenvalue weighted by Crippen LogP contribution is -2.49. The van der Waals surface area contributed by atoms with Crippen LogP contribution in [0.1, 0.15) is 62.1 Å². The fourth-order valence-corrected chi connectivity index (χ4v) is 7.58. The molecular weight excluding hydrogens is 592 g/mol. The number of aliphatic hydroxyl groups is 2. The van der Waals surface area contributed by atoms with E-state index in [2.05, 4.69) is 24.1 Å².